The van der Waals surface area contributed by atoms with E-state index in [4.69, 9.17) is 0 Å². The summed E-state index contributed by atoms with van der Waals surface area (Å²) in [6, 6.07) is 5.91. The van der Waals surface area contributed by atoms with Crippen molar-refractivity contribution in [1.29, 1.82) is 0 Å². The Hall–Kier alpha value is -1.56. The Morgan fingerprint density at radius 3 is 3.00 bits per heavy atom. The van der Waals surface area contributed by atoms with E-state index in [-0.39, 0.29) is 22.5 Å². The fourth-order valence-corrected chi connectivity index (χ4v) is 4.84. The Labute approximate surface area is 140 Å². The van der Waals surface area contributed by atoms with Crippen LogP contribution >= 0.6 is 11.8 Å². The van der Waals surface area contributed by atoms with Crippen molar-refractivity contribution < 1.29 is 14.0 Å². The molecule has 2 unspecified atom stereocenters. The first-order valence-corrected chi connectivity index (χ1v) is 8.92. The summed E-state index contributed by atoms with van der Waals surface area (Å²) in [6.45, 7) is 4.85. The monoisotopic (exact) mass is 336 g/mol. The molecular weight excluding hydrogens is 315 g/mol. The van der Waals surface area contributed by atoms with E-state index >= 15 is 0 Å². The number of hydrogen-bond donors (Lipinski definition) is 0. The van der Waals surface area contributed by atoms with Crippen molar-refractivity contribution in [3.63, 3.8) is 0 Å². The minimum atomic E-state index is -0.395. The number of benzene rings is 1. The maximum Gasteiger partial charge on any atom is 0.246 e. The molecule has 4 nitrogen and oxygen atoms in total. The van der Waals surface area contributed by atoms with Crippen molar-refractivity contribution in [1.82, 2.24) is 9.80 Å². The molecule has 6 heteroatoms. The number of fused-ring (bicyclic) bond motifs is 1. The molecule has 0 aliphatic carbocycles. The zero-order chi connectivity index (χ0) is 16.6. The summed E-state index contributed by atoms with van der Waals surface area (Å²) < 4.78 is 13.3. The van der Waals surface area contributed by atoms with E-state index in [0.717, 1.165) is 12.0 Å². The van der Waals surface area contributed by atoms with Crippen LogP contribution in [0.4, 0.5) is 4.39 Å². The SMILES string of the molecule is CCN(Cc1cccc(F)c1)C(=O)C1CSC2(C)CCC(=O)N12. The van der Waals surface area contributed by atoms with Crippen LogP contribution < -0.4 is 0 Å². The predicted molar refractivity (Wildman–Crippen MR) is 88.2 cm³/mol. The molecule has 2 saturated heterocycles. The van der Waals surface area contributed by atoms with Gasteiger partial charge in [0.05, 0.1) is 4.87 Å². The molecule has 1 aromatic carbocycles. The van der Waals surface area contributed by atoms with E-state index in [0.29, 0.717) is 25.3 Å². The van der Waals surface area contributed by atoms with Crippen molar-refractivity contribution in [3.05, 3.63) is 35.6 Å². The van der Waals surface area contributed by atoms with Gasteiger partial charge in [-0.15, -0.1) is 11.8 Å². The van der Waals surface area contributed by atoms with E-state index in [1.54, 1.807) is 27.6 Å². The first-order valence-electron chi connectivity index (χ1n) is 7.94. The molecule has 0 bridgehead atoms. The molecule has 2 aliphatic heterocycles. The van der Waals surface area contributed by atoms with Gasteiger partial charge in [0, 0.05) is 25.3 Å². The molecule has 0 aromatic heterocycles. The molecule has 2 aliphatic rings. The summed E-state index contributed by atoms with van der Waals surface area (Å²) in [6.07, 6.45) is 1.32. The van der Waals surface area contributed by atoms with E-state index in [2.05, 4.69) is 0 Å². The Bertz CT molecular complexity index is 639. The third kappa shape index (κ3) is 2.96. The van der Waals surface area contributed by atoms with Crippen LogP contribution in [-0.2, 0) is 16.1 Å². The van der Waals surface area contributed by atoms with Crippen LogP contribution in [0.2, 0.25) is 0 Å². The molecule has 2 amide bonds. The molecule has 0 N–H and O–H groups in total. The minimum absolute atomic E-state index is 0.0387. The molecule has 2 heterocycles. The average molecular weight is 336 g/mol. The summed E-state index contributed by atoms with van der Waals surface area (Å²) >= 11 is 1.69. The molecule has 23 heavy (non-hydrogen) atoms. The van der Waals surface area contributed by atoms with E-state index in [9.17, 15) is 14.0 Å². The third-order valence-corrected chi connectivity index (χ3v) is 6.19. The zero-order valence-electron chi connectivity index (χ0n) is 13.4. The topological polar surface area (TPSA) is 40.6 Å². The number of rotatable bonds is 4. The van der Waals surface area contributed by atoms with Gasteiger partial charge in [0.1, 0.15) is 11.9 Å². The van der Waals surface area contributed by atoms with Crippen LogP contribution in [0.3, 0.4) is 0 Å². The quantitative estimate of drug-likeness (QED) is 0.849. The predicted octanol–water partition coefficient (Wildman–Crippen LogP) is 2.63. The van der Waals surface area contributed by atoms with Crippen molar-refractivity contribution in [2.45, 2.75) is 44.1 Å². The van der Waals surface area contributed by atoms with Gasteiger partial charge in [-0.1, -0.05) is 12.1 Å². The van der Waals surface area contributed by atoms with Crippen molar-refractivity contribution in [2.24, 2.45) is 0 Å². The van der Waals surface area contributed by atoms with Crippen molar-refractivity contribution >= 4 is 23.6 Å². The summed E-state index contributed by atoms with van der Waals surface area (Å²) in [4.78, 5) is 28.3. The molecule has 2 fully saturated rings. The molecule has 2 atom stereocenters. The fraction of sp³-hybridized carbons (Fsp3) is 0.529. The fourth-order valence-electron chi connectivity index (χ4n) is 3.42. The number of amides is 2. The minimum Gasteiger partial charge on any atom is -0.337 e. The second-order valence-corrected chi connectivity index (χ2v) is 7.75. The van der Waals surface area contributed by atoms with Crippen molar-refractivity contribution in [2.75, 3.05) is 12.3 Å². The van der Waals surface area contributed by atoms with E-state index < -0.39 is 6.04 Å². The van der Waals surface area contributed by atoms with Crippen LogP contribution in [0.1, 0.15) is 32.3 Å². The van der Waals surface area contributed by atoms with Gasteiger partial charge in [0.15, 0.2) is 0 Å². The maximum absolute atomic E-state index is 13.3. The smallest absolute Gasteiger partial charge is 0.246 e. The summed E-state index contributed by atoms with van der Waals surface area (Å²) in [5.41, 5.74) is 0.765. The van der Waals surface area contributed by atoms with Crippen molar-refractivity contribution in [3.8, 4) is 0 Å². The van der Waals surface area contributed by atoms with Crippen LogP contribution in [0.25, 0.3) is 0 Å². The van der Waals surface area contributed by atoms with Gasteiger partial charge in [0.2, 0.25) is 11.8 Å². The number of likely N-dealkylation sites (N-methyl/N-ethyl adjacent to an activating group) is 1. The van der Waals surface area contributed by atoms with Gasteiger partial charge in [-0.25, -0.2) is 4.39 Å². The standard InChI is InChI=1S/C17H21FN2O2S/c1-3-19(10-12-5-4-6-13(18)9-12)16(22)14-11-23-17(2)8-7-15(21)20(14)17/h4-6,9,14H,3,7-8,10-11H2,1-2H3. The highest BCUT2D eigenvalue weighted by molar-refractivity contribution is 8.01. The van der Waals surface area contributed by atoms with Gasteiger partial charge in [-0.3, -0.25) is 9.59 Å². The summed E-state index contributed by atoms with van der Waals surface area (Å²) in [5.74, 6) is 0.367. The number of carbonyl (C=O) groups excluding carboxylic acids is 2. The second-order valence-electron chi connectivity index (χ2n) is 6.25. The lowest BCUT2D eigenvalue weighted by molar-refractivity contribution is -0.144. The van der Waals surface area contributed by atoms with Crippen LogP contribution in [-0.4, -0.2) is 44.8 Å². The number of hydrogen-bond acceptors (Lipinski definition) is 3. The van der Waals surface area contributed by atoms with E-state index in [1.165, 1.54) is 12.1 Å². The number of thioether (sulfide) groups is 1. The average Bonchev–Trinajstić information content (AvgIpc) is 3.01. The van der Waals surface area contributed by atoms with Crippen LogP contribution in [0.15, 0.2) is 24.3 Å². The van der Waals surface area contributed by atoms with Gasteiger partial charge >= 0.3 is 0 Å². The Kier molecular flexibility index (Phi) is 4.36. The van der Waals surface area contributed by atoms with Gasteiger partial charge < -0.3 is 9.80 Å². The lowest BCUT2D eigenvalue weighted by atomic mass is 10.1. The van der Waals surface area contributed by atoms with Gasteiger partial charge in [-0.05, 0) is 38.0 Å². The zero-order valence-corrected chi connectivity index (χ0v) is 14.2. The first-order chi connectivity index (χ1) is 10.9. The van der Waals surface area contributed by atoms with Gasteiger partial charge in [-0.2, -0.15) is 0 Å². The molecule has 0 spiro atoms. The Morgan fingerprint density at radius 1 is 1.52 bits per heavy atom. The lowest BCUT2D eigenvalue weighted by Gasteiger charge is -2.32. The Balaban J connectivity index is 1.76. The molecule has 3 rings (SSSR count). The molecular formula is C17H21FN2O2S. The first kappa shape index (κ1) is 16.3. The highest BCUT2D eigenvalue weighted by Gasteiger charge is 2.53. The highest BCUT2D eigenvalue weighted by atomic mass is 32.2. The number of halogens is 1. The molecule has 124 valence electrons. The summed E-state index contributed by atoms with van der Waals surface area (Å²) in [5, 5.41) is 0. The molecule has 1 aromatic rings. The number of carbonyl (C=O) groups is 2. The van der Waals surface area contributed by atoms with Crippen LogP contribution in [0, 0.1) is 5.82 Å². The third-order valence-electron chi connectivity index (χ3n) is 4.69. The lowest BCUT2D eigenvalue weighted by Crippen LogP contribution is -2.51. The second kappa shape index (κ2) is 6.15. The van der Waals surface area contributed by atoms with Gasteiger partial charge in [0.25, 0.3) is 0 Å². The van der Waals surface area contributed by atoms with E-state index in [1.807, 2.05) is 19.9 Å². The number of nitrogens with zero attached hydrogens (tertiary/aromatic N) is 2. The molecule has 0 radical (unpaired) electrons. The summed E-state index contributed by atoms with van der Waals surface area (Å²) in [7, 11) is 0. The molecule has 0 saturated carbocycles. The van der Waals surface area contributed by atoms with Crippen LogP contribution in [0.5, 0.6) is 0 Å². The Morgan fingerprint density at radius 2 is 2.30 bits per heavy atom. The highest BCUT2D eigenvalue weighted by Crippen LogP contribution is 2.47. The largest absolute Gasteiger partial charge is 0.337 e. The maximum atomic E-state index is 13.3. The normalized spacial score (nSPS) is 26.5.